The lowest BCUT2D eigenvalue weighted by molar-refractivity contribution is -0.119. The van der Waals surface area contributed by atoms with Crippen LogP contribution in [0.4, 0.5) is 5.69 Å². The van der Waals surface area contributed by atoms with Gasteiger partial charge in [-0.25, -0.2) is 0 Å². The quantitative estimate of drug-likeness (QED) is 0.739. The Morgan fingerprint density at radius 1 is 1.39 bits per heavy atom. The van der Waals surface area contributed by atoms with Gasteiger partial charge in [-0.05, 0) is 19.2 Å². The van der Waals surface area contributed by atoms with Crippen LogP contribution in [-0.4, -0.2) is 44.0 Å². The Morgan fingerprint density at radius 3 is 2.61 bits per heavy atom. The maximum absolute atomic E-state index is 12.1. The standard InChI is InChI=1S/C13H18N4O/c1-16(9-7-14)11-13(18)17(10-8-15)12-5-3-2-4-6-12/h2-6H,7,9-11,14H2,1H3. The van der Waals surface area contributed by atoms with E-state index in [0.29, 0.717) is 13.1 Å². The van der Waals surface area contributed by atoms with Crippen LogP contribution < -0.4 is 10.6 Å². The maximum atomic E-state index is 12.1. The number of hydrogen-bond acceptors (Lipinski definition) is 4. The number of carbonyl (C=O) groups excluding carboxylic acids is 1. The highest BCUT2D eigenvalue weighted by molar-refractivity contribution is 5.95. The molecule has 0 heterocycles. The molecule has 0 aliphatic rings. The molecule has 1 amide bonds. The minimum Gasteiger partial charge on any atom is -0.329 e. The van der Waals surface area contributed by atoms with E-state index in [9.17, 15) is 4.79 Å². The van der Waals surface area contributed by atoms with Gasteiger partial charge in [0.05, 0.1) is 12.6 Å². The second-order valence-electron chi connectivity index (χ2n) is 4.00. The van der Waals surface area contributed by atoms with Gasteiger partial charge in [-0.15, -0.1) is 0 Å². The van der Waals surface area contributed by atoms with Crippen LogP contribution in [0.25, 0.3) is 0 Å². The van der Waals surface area contributed by atoms with E-state index in [2.05, 4.69) is 0 Å². The summed E-state index contributed by atoms with van der Waals surface area (Å²) in [6.45, 7) is 1.47. The Balaban J connectivity index is 2.74. The predicted octanol–water partition coefficient (Wildman–Crippen LogP) is 0.434. The molecule has 0 unspecified atom stereocenters. The van der Waals surface area contributed by atoms with Crippen LogP contribution in [0.1, 0.15) is 0 Å². The molecule has 0 saturated carbocycles. The summed E-state index contributed by atoms with van der Waals surface area (Å²) in [6.07, 6.45) is 0. The third kappa shape index (κ3) is 4.17. The van der Waals surface area contributed by atoms with Gasteiger partial charge >= 0.3 is 0 Å². The Kier molecular flexibility index (Phi) is 5.85. The van der Waals surface area contributed by atoms with Gasteiger partial charge in [0.25, 0.3) is 0 Å². The highest BCUT2D eigenvalue weighted by Gasteiger charge is 2.16. The van der Waals surface area contributed by atoms with Crippen molar-refractivity contribution in [3.63, 3.8) is 0 Å². The number of nitriles is 1. The molecule has 18 heavy (non-hydrogen) atoms. The molecular formula is C13H18N4O. The Labute approximate surface area is 107 Å². The van der Waals surface area contributed by atoms with E-state index in [-0.39, 0.29) is 19.0 Å². The Morgan fingerprint density at radius 2 is 2.06 bits per heavy atom. The molecule has 0 fully saturated rings. The number of amides is 1. The molecule has 0 bridgehead atoms. The summed E-state index contributed by atoms with van der Waals surface area (Å²) >= 11 is 0. The van der Waals surface area contributed by atoms with E-state index < -0.39 is 0 Å². The summed E-state index contributed by atoms with van der Waals surface area (Å²) in [5.74, 6) is -0.0984. The Hall–Kier alpha value is -1.90. The third-order valence-electron chi connectivity index (χ3n) is 2.51. The molecule has 5 heteroatoms. The topological polar surface area (TPSA) is 73.4 Å². The van der Waals surface area contributed by atoms with E-state index in [0.717, 1.165) is 5.69 Å². The van der Waals surface area contributed by atoms with Gasteiger partial charge in [0.2, 0.25) is 5.91 Å². The number of nitrogens with two attached hydrogens (primary N) is 1. The zero-order chi connectivity index (χ0) is 13.4. The summed E-state index contributed by atoms with van der Waals surface area (Å²) in [5.41, 5.74) is 6.17. The first-order valence-corrected chi connectivity index (χ1v) is 5.80. The molecule has 1 rings (SSSR count). The van der Waals surface area contributed by atoms with Crippen molar-refractivity contribution >= 4 is 11.6 Å². The highest BCUT2D eigenvalue weighted by Crippen LogP contribution is 2.13. The minimum absolute atomic E-state index is 0.0549. The molecule has 2 N–H and O–H groups in total. The number of nitrogens with zero attached hydrogens (tertiary/aromatic N) is 3. The van der Waals surface area contributed by atoms with E-state index >= 15 is 0 Å². The lowest BCUT2D eigenvalue weighted by Gasteiger charge is -2.23. The van der Waals surface area contributed by atoms with Gasteiger partial charge < -0.3 is 5.73 Å². The lowest BCUT2D eigenvalue weighted by atomic mass is 10.2. The van der Waals surface area contributed by atoms with Gasteiger partial charge in [0, 0.05) is 18.8 Å². The normalized spacial score (nSPS) is 10.1. The smallest absolute Gasteiger partial charge is 0.242 e. The average Bonchev–Trinajstić information content (AvgIpc) is 2.37. The van der Waals surface area contributed by atoms with Gasteiger partial charge in [0.1, 0.15) is 6.54 Å². The van der Waals surface area contributed by atoms with Gasteiger partial charge in [-0.2, -0.15) is 5.26 Å². The fourth-order valence-electron chi connectivity index (χ4n) is 1.62. The number of hydrogen-bond donors (Lipinski definition) is 1. The average molecular weight is 246 g/mol. The fourth-order valence-corrected chi connectivity index (χ4v) is 1.62. The minimum atomic E-state index is -0.0984. The van der Waals surface area contributed by atoms with E-state index in [1.54, 1.807) is 0 Å². The van der Waals surface area contributed by atoms with E-state index in [4.69, 9.17) is 11.0 Å². The lowest BCUT2D eigenvalue weighted by Crippen LogP contribution is -2.40. The van der Waals surface area contributed by atoms with Crippen molar-refractivity contribution in [2.75, 3.05) is 38.1 Å². The molecule has 1 aromatic rings. The summed E-state index contributed by atoms with van der Waals surface area (Å²) in [7, 11) is 1.83. The van der Waals surface area contributed by atoms with Crippen molar-refractivity contribution in [1.82, 2.24) is 4.90 Å². The van der Waals surface area contributed by atoms with Crippen LogP contribution in [-0.2, 0) is 4.79 Å². The maximum Gasteiger partial charge on any atom is 0.242 e. The van der Waals surface area contributed by atoms with Crippen LogP contribution in [0.5, 0.6) is 0 Å². The predicted molar refractivity (Wildman–Crippen MR) is 71.0 cm³/mol. The van der Waals surface area contributed by atoms with E-state index in [1.165, 1.54) is 4.90 Å². The van der Waals surface area contributed by atoms with Crippen LogP contribution in [0.15, 0.2) is 30.3 Å². The summed E-state index contributed by atoms with van der Waals surface area (Å²) in [5, 5.41) is 8.81. The van der Waals surface area contributed by atoms with Crippen LogP contribution in [0, 0.1) is 11.3 Å². The zero-order valence-electron chi connectivity index (χ0n) is 10.5. The summed E-state index contributed by atoms with van der Waals surface area (Å²) in [6, 6.07) is 11.2. The van der Waals surface area contributed by atoms with Crippen LogP contribution >= 0.6 is 0 Å². The molecule has 0 radical (unpaired) electrons. The van der Waals surface area contributed by atoms with Gasteiger partial charge in [-0.1, -0.05) is 18.2 Å². The molecule has 96 valence electrons. The first-order valence-electron chi connectivity index (χ1n) is 5.80. The molecule has 1 aromatic carbocycles. The third-order valence-corrected chi connectivity index (χ3v) is 2.51. The second kappa shape index (κ2) is 7.43. The molecule has 5 nitrogen and oxygen atoms in total. The van der Waals surface area contributed by atoms with Crippen LogP contribution in [0.2, 0.25) is 0 Å². The second-order valence-corrected chi connectivity index (χ2v) is 4.00. The number of benzene rings is 1. The first kappa shape index (κ1) is 14.2. The molecule has 0 spiro atoms. The zero-order valence-corrected chi connectivity index (χ0v) is 10.5. The van der Waals surface area contributed by atoms with Gasteiger partial charge in [0.15, 0.2) is 0 Å². The van der Waals surface area contributed by atoms with Crippen molar-refractivity contribution in [2.45, 2.75) is 0 Å². The van der Waals surface area contributed by atoms with Crippen molar-refractivity contribution in [2.24, 2.45) is 5.73 Å². The molecule has 0 saturated heterocycles. The molecule has 0 aliphatic carbocycles. The number of rotatable bonds is 6. The van der Waals surface area contributed by atoms with Gasteiger partial charge in [-0.3, -0.25) is 14.6 Å². The number of likely N-dealkylation sites (N-methyl/N-ethyl adjacent to an activating group) is 1. The summed E-state index contributed by atoms with van der Waals surface area (Å²) < 4.78 is 0. The van der Waals surface area contributed by atoms with Crippen molar-refractivity contribution in [3.8, 4) is 6.07 Å². The first-order chi connectivity index (χ1) is 8.69. The largest absolute Gasteiger partial charge is 0.329 e. The monoisotopic (exact) mass is 246 g/mol. The Bertz CT molecular complexity index is 413. The van der Waals surface area contributed by atoms with Crippen molar-refractivity contribution in [1.29, 1.82) is 5.26 Å². The molecule has 0 atom stereocenters. The SMILES string of the molecule is CN(CCN)CC(=O)N(CC#N)c1ccccc1. The van der Waals surface area contributed by atoms with E-state index in [1.807, 2.05) is 48.3 Å². The van der Waals surface area contributed by atoms with Crippen molar-refractivity contribution in [3.05, 3.63) is 30.3 Å². The highest BCUT2D eigenvalue weighted by atomic mass is 16.2. The molecule has 0 aliphatic heterocycles. The molecular weight excluding hydrogens is 228 g/mol. The number of para-hydroxylation sites is 1. The number of carbonyl (C=O) groups is 1. The summed E-state index contributed by atoms with van der Waals surface area (Å²) in [4.78, 5) is 15.4. The fraction of sp³-hybridized carbons (Fsp3) is 0.385. The van der Waals surface area contributed by atoms with Crippen molar-refractivity contribution < 1.29 is 4.79 Å². The van der Waals surface area contributed by atoms with Crippen LogP contribution in [0.3, 0.4) is 0 Å². The molecule has 0 aromatic heterocycles. The number of anilines is 1.